The molecule has 0 saturated carbocycles. The Bertz CT molecular complexity index is 197. The van der Waals surface area contributed by atoms with E-state index in [-0.39, 0.29) is 11.7 Å². The molecule has 2 heteroatoms. The minimum atomic E-state index is -0.132. The van der Waals surface area contributed by atoms with Crippen LogP contribution in [0.25, 0.3) is 0 Å². The standard InChI is InChI=1S/C13H24O2/c1-4-5-6-7-10-14-12-9-8-11-15-13(12,2)3/h7,10,12H,4-6,8-9,11H2,1-3H3. The zero-order valence-corrected chi connectivity index (χ0v) is 10.3. The lowest BCUT2D eigenvalue weighted by molar-refractivity contribution is -0.135. The van der Waals surface area contributed by atoms with E-state index >= 15 is 0 Å². The van der Waals surface area contributed by atoms with Crippen LogP contribution in [0.1, 0.15) is 52.9 Å². The Morgan fingerprint density at radius 1 is 1.47 bits per heavy atom. The summed E-state index contributed by atoms with van der Waals surface area (Å²) in [6.45, 7) is 7.28. The van der Waals surface area contributed by atoms with E-state index in [1.165, 1.54) is 12.8 Å². The fraction of sp³-hybridized carbons (Fsp3) is 0.846. The molecular weight excluding hydrogens is 188 g/mol. The van der Waals surface area contributed by atoms with Crippen LogP contribution in [0.5, 0.6) is 0 Å². The molecule has 1 fully saturated rings. The predicted molar refractivity (Wildman–Crippen MR) is 62.8 cm³/mol. The van der Waals surface area contributed by atoms with Gasteiger partial charge in [0.1, 0.15) is 6.10 Å². The molecule has 0 N–H and O–H groups in total. The van der Waals surface area contributed by atoms with Crippen molar-refractivity contribution >= 4 is 0 Å². The summed E-state index contributed by atoms with van der Waals surface area (Å²) in [5.74, 6) is 0. The van der Waals surface area contributed by atoms with Crippen LogP contribution in [0.3, 0.4) is 0 Å². The summed E-state index contributed by atoms with van der Waals surface area (Å²) in [5, 5.41) is 0. The van der Waals surface area contributed by atoms with Crippen molar-refractivity contribution in [1.82, 2.24) is 0 Å². The van der Waals surface area contributed by atoms with E-state index < -0.39 is 0 Å². The molecule has 0 radical (unpaired) electrons. The summed E-state index contributed by atoms with van der Waals surface area (Å²) in [6.07, 6.45) is 9.99. The molecule has 1 heterocycles. The molecule has 1 unspecified atom stereocenters. The van der Waals surface area contributed by atoms with Gasteiger partial charge in [-0.15, -0.1) is 0 Å². The molecule has 88 valence electrons. The van der Waals surface area contributed by atoms with Gasteiger partial charge in [0.05, 0.1) is 11.9 Å². The second-order valence-corrected chi connectivity index (χ2v) is 4.73. The van der Waals surface area contributed by atoms with Crippen LogP contribution >= 0.6 is 0 Å². The van der Waals surface area contributed by atoms with Gasteiger partial charge in [0.15, 0.2) is 0 Å². The average molecular weight is 212 g/mol. The molecule has 15 heavy (non-hydrogen) atoms. The van der Waals surface area contributed by atoms with Crippen LogP contribution < -0.4 is 0 Å². The number of ether oxygens (including phenoxy) is 2. The van der Waals surface area contributed by atoms with Crippen molar-refractivity contribution in [1.29, 1.82) is 0 Å². The number of unbranched alkanes of at least 4 members (excludes halogenated alkanes) is 2. The van der Waals surface area contributed by atoms with Crippen LogP contribution in [-0.4, -0.2) is 18.3 Å². The van der Waals surface area contributed by atoms with Gasteiger partial charge in [-0.05, 0) is 45.6 Å². The lowest BCUT2D eigenvalue weighted by atomic mass is 9.94. The molecule has 1 aliphatic rings. The maximum atomic E-state index is 5.74. The zero-order valence-electron chi connectivity index (χ0n) is 10.3. The average Bonchev–Trinajstić information content (AvgIpc) is 2.19. The largest absolute Gasteiger partial charge is 0.495 e. The van der Waals surface area contributed by atoms with E-state index in [1.54, 1.807) is 0 Å². The van der Waals surface area contributed by atoms with Crippen molar-refractivity contribution in [2.45, 2.75) is 64.6 Å². The van der Waals surface area contributed by atoms with Crippen LogP contribution in [0.15, 0.2) is 12.3 Å². The molecule has 2 nitrogen and oxygen atoms in total. The van der Waals surface area contributed by atoms with Gasteiger partial charge in [0, 0.05) is 6.61 Å². The summed E-state index contributed by atoms with van der Waals surface area (Å²) in [7, 11) is 0. The summed E-state index contributed by atoms with van der Waals surface area (Å²) >= 11 is 0. The van der Waals surface area contributed by atoms with Gasteiger partial charge in [-0.2, -0.15) is 0 Å². The molecule has 0 aromatic heterocycles. The van der Waals surface area contributed by atoms with E-state index in [4.69, 9.17) is 9.47 Å². The highest BCUT2D eigenvalue weighted by Crippen LogP contribution is 2.27. The Kier molecular flexibility index (Phi) is 5.16. The van der Waals surface area contributed by atoms with Crippen molar-refractivity contribution < 1.29 is 9.47 Å². The third-order valence-corrected chi connectivity index (χ3v) is 2.92. The lowest BCUT2D eigenvalue weighted by Gasteiger charge is -2.37. The van der Waals surface area contributed by atoms with Gasteiger partial charge in [0.2, 0.25) is 0 Å². The van der Waals surface area contributed by atoms with Crippen LogP contribution in [0.4, 0.5) is 0 Å². The van der Waals surface area contributed by atoms with Gasteiger partial charge in [-0.25, -0.2) is 0 Å². The first kappa shape index (κ1) is 12.6. The molecule has 0 aromatic rings. The van der Waals surface area contributed by atoms with Crippen molar-refractivity contribution in [2.24, 2.45) is 0 Å². The molecule has 1 rings (SSSR count). The van der Waals surface area contributed by atoms with Crippen molar-refractivity contribution in [3.05, 3.63) is 12.3 Å². The third-order valence-electron chi connectivity index (χ3n) is 2.92. The molecule has 1 atom stereocenters. The van der Waals surface area contributed by atoms with Crippen LogP contribution in [0.2, 0.25) is 0 Å². The molecule has 0 spiro atoms. The highest BCUT2D eigenvalue weighted by Gasteiger charge is 2.34. The first-order chi connectivity index (χ1) is 7.17. The summed E-state index contributed by atoms with van der Waals surface area (Å²) < 4.78 is 11.4. The van der Waals surface area contributed by atoms with Gasteiger partial charge in [-0.3, -0.25) is 0 Å². The SMILES string of the molecule is CCCCC=COC1CCCOC1(C)C. The smallest absolute Gasteiger partial charge is 0.126 e. The molecule has 1 saturated heterocycles. The van der Waals surface area contributed by atoms with Crippen LogP contribution in [-0.2, 0) is 9.47 Å². The fourth-order valence-electron chi connectivity index (χ4n) is 1.82. The zero-order chi connectivity index (χ0) is 11.1. The van der Waals surface area contributed by atoms with Crippen molar-refractivity contribution in [3.63, 3.8) is 0 Å². The van der Waals surface area contributed by atoms with E-state index in [2.05, 4.69) is 26.8 Å². The molecule has 0 bridgehead atoms. The predicted octanol–water partition coefficient (Wildman–Crippen LogP) is 3.66. The number of hydrogen-bond donors (Lipinski definition) is 0. The van der Waals surface area contributed by atoms with Gasteiger partial charge >= 0.3 is 0 Å². The Hall–Kier alpha value is -0.500. The van der Waals surface area contributed by atoms with Gasteiger partial charge in [-0.1, -0.05) is 13.3 Å². The Labute approximate surface area is 93.7 Å². The highest BCUT2D eigenvalue weighted by molar-refractivity contribution is 4.86. The summed E-state index contributed by atoms with van der Waals surface area (Å²) in [6, 6.07) is 0. The maximum Gasteiger partial charge on any atom is 0.126 e. The first-order valence-electron chi connectivity index (χ1n) is 6.11. The van der Waals surface area contributed by atoms with Gasteiger partial charge in [0.25, 0.3) is 0 Å². The van der Waals surface area contributed by atoms with E-state index in [9.17, 15) is 0 Å². The first-order valence-corrected chi connectivity index (χ1v) is 6.11. The minimum Gasteiger partial charge on any atom is -0.495 e. The molecule has 0 amide bonds. The van der Waals surface area contributed by atoms with Crippen LogP contribution in [0, 0.1) is 0 Å². The topological polar surface area (TPSA) is 18.5 Å². The molecule has 0 aliphatic carbocycles. The second kappa shape index (κ2) is 6.16. The number of rotatable bonds is 5. The van der Waals surface area contributed by atoms with Crippen molar-refractivity contribution in [2.75, 3.05) is 6.61 Å². The quantitative estimate of drug-likeness (QED) is 0.511. The summed E-state index contributed by atoms with van der Waals surface area (Å²) in [4.78, 5) is 0. The third kappa shape index (κ3) is 4.25. The van der Waals surface area contributed by atoms with Crippen molar-refractivity contribution in [3.8, 4) is 0 Å². The minimum absolute atomic E-state index is 0.132. The molecule has 1 aliphatic heterocycles. The Balaban J connectivity index is 2.27. The van der Waals surface area contributed by atoms with E-state index in [1.807, 2.05) is 6.26 Å². The Morgan fingerprint density at radius 3 is 2.93 bits per heavy atom. The maximum absolute atomic E-state index is 5.74. The normalized spacial score (nSPS) is 25.7. The highest BCUT2D eigenvalue weighted by atomic mass is 16.5. The molecular formula is C13H24O2. The number of allylic oxidation sites excluding steroid dienone is 1. The van der Waals surface area contributed by atoms with E-state index in [0.717, 1.165) is 25.9 Å². The van der Waals surface area contributed by atoms with Gasteiger partial charge < -0.3 is 9.47 Å². The monoisotopic (exact) mass is 212 g/mol. The number of hydrogen-bond acceptors (Lipinski definition) is 2. The lowest BCUT2D eigenvalue weighted by Crippen LogP contribution is -2.43. The fourth-order valence-corrected chi connectivity index (χ4v) is 1.82. The second-order valence-electron chi connectivity index (χ2n) is 4.73. The Morgan fingerprint density at radius 2 is 2.27 bits per heavy atom. The molecule has 0 aromatic carbocycles. The van der Waals surface area contributed by atoms with E-state index in [0.29, 0.717) is 0 Å². The summed E-state index contributed by atoms with van der Waals surface area (Å²) in [5.41, 5.74) is -0.132.